The van der Waals surface area contributed by atoms with Crippen LogP contribution in [0.25, 0.3) is 22.5 Å². The normalized spacial score (nSPS) is 11.9. The molecule has 0 radical (unpaired) electrons. The van der Waals surface area contributed by atoms with Crippen LogP contribution in [0, 0.1) is 0 Å². The average molecular weight is 337 g/mol. The van der Waals surface area contributed by atoms with E-state index in [-0.39, 0.29) is 0 Å². The minimum absolute atomic E-state index is 0.350. The van der Waals surface area contributed by atoms with Gasteiger partial charge in [-0.3, -0.25) is 4.79 Å². The van der Waals surface area contributed by atoms with E-state index >= 15 is 0 Å². The number of rotatable bonds is 5. The predicted molar refractivity (Wildman–Crippen MR) is 93.7 cm³/mol. The average Bonchev–Trinajstić information content (AvgIpc) is 2.63. The Kier molecular flexibility index (Phi) is 4.86. The lowest BCUT2D eigenvalue weighted by atomic mass is 10.0. The van der Waals surface area contributed by atoms with Gasteiger partial charge in [-0.15, -0.1) is 10.2 Å². The molecule has 120 valence electrons. The number of benzene rings is 2. The predicted octanol–water partition coefficient (Wildman–Crippen LogP) is 3.77. The van der Waals surface area contributed by atoms with Gasteiger partial charge in [0.15, 0.2) is 0 Å². The lowest BCUT2D eigenvalue weighted by molar-refractivity contribution is -0.136. The second-order valence-electron chi connectivity index (χ2n) is 5.12. The van der Waals surface area contributed by atoms with Crippen LogP contribution in [-0.4, -0.2) is 31.5 Å². The van der Waals surface area contributed by atoms with Crippen molar-refractivity contribution < 1.29 is 9.90 Å². The summed E-state index contributed by atoms with van der Waals surface area (Å²) >= 11 is 1.08. The molecule has 0 spiro atoms. The smallest absolute Gasteiger partial charge is 0.316 e. The van der Waals surface area contributed by atoms with Crippen molar-refractivity contribution in [2.45, 2.75) is 17.3 Å². The molecule has 0 aliphatic heterocycles. The minimum atomic E-state index is -0.906. The molecule has 3 rings (SSSR count). The minimum Gasteiger partial charge on any atom is -0.480 e. The van der Waals surface area contributed by atoms with Crippen LogP contribution in [0.2, 0.25) is 0 Å². The molecule has 5 nitrogen and oxygen atoms in total. The first-order chi connectivity index (χ1) is 11.6. The number of carboxylic acid groups (broad SMARTS) is 1. The van der Waals surface area contributed by atoms with Gasteiger partial charge in [-0.25, -0.2) is 4.98 Å². The first-order valence-electron chi connectivity index (χ1n) is 7.40. The van der Waals surface area contributed by atoms with Crippen LogP contribution in [0.1, 0.15) is 6.92 Å². The highest BCUT2D eigenvalue weighted by molar-refractivity contribution is 8.00. The molecule has 6 heteroatoms. The second kappa shape index (κ2) is 7.23. The van der Waals surface area contributed by atoms with Crippen molar-refractivity contribution in [2.75, 3.05) is 0 Å². The highest BCUT2D eigenvalue weighted by Gasteiger charge is 2.18. The maximum Gasteiger partial charge on any atom is 0.316 e. The largest absolute Gasteiger partial charge is 0.480 e. The van der Waals surface area contributed by atoms with Crippen molar-refractivity contribution in [3.05, 3.63) is 60.7 Å². The van der Waals surface area contributed by atoms with Gasteiger partial charge in [0, 0.05) is 11.1 Å². The molecule has 0 saturated heterocycles. The molecular weight excluding hydrogens is 322 g/mol. The lowest BCUT2D eigenvalue weighted by Gasteiger charge is -2.10. The fourth-order valence-corrected chi connectivity index (χ4v) is 2.81. The highest BCUT2D eigenvalue weighted by Crippen LogP contribution is 2.30. The van der Waals surface area contributed by atoms with Crippen LogP contribution in [0.15, 0.2) is 65.8 Å². The topological polar surface area (TPSA) is 76.0 Å². The Hall–Kier alpha value is -2.73. The number of aromatic nitrogens is 3. The second-order valence-corrected chi connectivity index (χ2v) is 6.43. The summed E-state index contributed by atoms with van der Waals surface area (Å²) in [4.78, 5) is 15.6. The number of hydrogen-bond acceptors (Lipinski definition) is 5. The summed E-state index contributed by atoms with van der Waals surface area (Å²) in [5, 5.41) is 17.2. The fraction of sp³-hybridized carbons (Fsp3) is 0.111. The van der Waals surface area contributed by atoms with Crippen LogP contribution < -0.4 is 0 Å². The van der Waals surface area contributed by atoms with Crippen molar-refractivity contribution in [1.29, 1.82) is 0 Å². The summed E-state index contributed by atoms with van der Waals surface area (Å²) < 4.78 is 0. The zero-order chi connectivity index (χ0) is 16.9. The lowest BCUT2D eigenvalue weighted by Crippen LogP contribution is -2.12. The van der Waals surface area contributed by atoms with Gasteiger partial charge in [-0.2, -0.15) is 0 Å². The molecule has 2 aromatic carbocycles. The van der Waals surface area contributed by atoms with E-state index in [4.69, 9.17) is 5.11 Å². The quantitative estimate of drug-likeness (QED) is 0.714. The first-order valence-corrected chi connectivity index (χ1v) is 8.28. The Morgan fingerprint density at radius 1 is 0.917 bits per heavy atom. The Balaban J connectivity index is 2.08. The maximum absolute atomic E-state index is 11.1. The van der Waals surface area contributed by atoms with Crippen molar-refractivity contribution >= 4 is 17.7 Å². The van der Waals surface area contributed by atoms with E-state index < -0.39 is 11.2 Å². The van der Waals surface area contributed by atoms with Crippen LogP contribution in [0.5, 0.6) is 0 Å². The molecule has 0 aliphatic carbocycles. The molecular formula is C18H15N3O2S. The summed E-state index contributed by atoms with van der Waals surface area (Å²) in [5.74, 6) is -0.906. The Labute approximate surface area is 143 Å². The summed E-state index contributed by atoms with van der Waals surface area (Å²) in [6, 6.07) is 19.4. The third kappa shape index (κ3) is 3.60. The molecule has 0 saturated carbocycles. The number of aliphatic carboxylic acids is 1. The first kappa shape index (κ1) is 16.1. The van der Waals surface area contributed by atoms with Crippen LogP contribution in [0.4, 0.5) is 0 Å². The van der Waals surface area contributed by atoms with Gasteiger partial charge in [0.25, 0.3) is 0 Å². The monoisotopic (exact) mass is 337 g/mol. The van der Waals surface area contributed by atoms with Gasteiger partial charge < -0.3 is 5.11 Å². The molecule has 0 fully saturated rings. The van der Waals surface area contributed by atoms with E-state index in [9.17, 15) is 4.79 Å². The number of hydrogen-bond donors (Lipinski definition) is 1. The molecule has 1 atom stereocenters. The number of carbonyl (C=O) groups is 1. The molecule has 1 aromatic heterocycles. The number of nitrogens with zero attached hydrogens (tertiary/aromatic N) is 3. The van der Waals surface area contributed by atoms with E-state index in [1.165, 1.54) is 0 Å². The fourth-order valence-electron chi connectivity index (χ4n) is 2.16. The molecule has 0 aliphatic rings. The molecule has 1 N–H and O–H groups in total. The van der Waals surface area contributed by atoms with Gasteiger partial charge in [-0.05, 0) is 6.92 Å². The van der Waals surface area contributed by atoms with E-state index in [2.05, 4.69) is 15.2 Å². The maximum atomic E-state index is 11.1. The van der Waals surface area contributed by atoms with Crippen molar-refractivity contribution in [3.8, 4) is 22.5 Å². The SMILES string of the molecule is CC(Sc1nnc(-c2ccccc2)c(-c2ccccc2)n1)C(=O)O. The molecule has 3 aromatic rings. The van der Waals surface area contributed by atoms with Crippen LogP contribution in [0.3, 0.4) is 0 Å². The number of thioether (sulfide) groups is 1. The third-order valence-corrected chi connectivity index (χ3v) is 4.33. The number of carboxylic acids is 1. The Morgan fingerprint density at radius 3 is 2.00 bits per heavy atom. The van der Waals surface area contributed by atoms with Crippen LogP contribution >= 0.6 is 11.8 Å². The van der Waals surface area contributed by atoms with Gasteiger partial charge in [0.1, 0.15) is 16.6 Å². The van der Waals surface area contributed by atoms with E-state index in [0.717, 1.165) is 22.9 Å². The standard InChI is InChI=1S/C18H15N3O2S/c1-12(17(22)23)24-18-19-15(13-8-4-2-5-9-13)16(20-21-18)14-10-6-3-7-11-14/h2-12H,1H3,(H,22,23). The zero-order valence-electron chi connectivity index (χ0n) is 13.0. The van der Waals surface area contributed by atoms with E-state index in [1.54, 1.807) is 6.92 Å². The summed E-state index contributed by atoms with van der Waals surface area (Å²) in [6.45, 7) is 1.60. The van der Waals surface area contributed by atoms with Gasteiger partial charge in [0.2, 0.25) is 5.16 Å². The van der Waals surface area contributed by atoms with E-state index in [1.807, 2.05) is 60.7 Å². The Morgan fingerprint density at radius 2 is 1.46 bits per heavy atom. The molecule has 1 unspecified atom stereocenters. The third-order valence-electron chi connectivity index (χ3n) is 3.39. The van der Waals surface area contributed by atoms with Gasteiger partial charge >= 0.3 is 5.97 Å². The molecule has 1 heterocycles. The van der Waals surface area contributed by atoms with Gasteiger partial charge in [0.05, 0.1) is 0 Å². The molecule has 24 heavy (non-hydrogen) atoms. The van der Waals surface area contributed by atoms with E-state index in [0.29, 0.717) is 16.5 Å². The molecule has 0 amide bonds. The van der Waals surface area contributed by atoms with Crippen LogP contribution in [-0.2, 0) is 4.79 Å². The van der Waals surface area contributed by atoms with Crippen molar-refractivity contribution in [2.24, 2.45) is 0 Å². The van der Waals surface area contributed by atoms with Crippen molar-refractivity contribution in [1.82, 2.24) is 15.2 Å². The summed E-state index contributed by atoms with van der Waals surface area (Å²) in [6.07, 6.45) is 0. The molecule has 0 bridgehead atoms. The summed E-state index contributed by atoms with van der Waals surface area (Å²) in [7, 11) is 0. The Bertz CT molecular complexity index is 841. The summed E-state index contributed by atoms with van der Waals surface area (Å²) in [5.41, 5.74) is 3.20. The van der Waals surface area contributed by atoms with Crippen molar-refractivity contribution in [3.63, 3.8) is 0 Å². The zero-order valence-corrected chi connectivity index (χ0v) is 13.8. The van der Waals surface area contributed by atoms with Gasteiger partial charge in [-0.1, -0.05) is 72.4 Å². The highest BCUT2D eigenvalue weighted by atomic mass is 32.2.